The van der Waals surface area contributed by atoms with Crippen molar-refractivity contribution in [2.24, 2.45) is 16.7 Å². The van der Waals surface area contributed by atoms with Crippen molar-refractivity contribution in [3.8, 4) is 0 Å². The summed E-state index contributed by atoms with van der Waals surface area (Å²) in [6, 6.07) is 0. The summed E-state index contributed by atoms with van der Waals surface area (Å²) >= 11 is 0. The molecule has 0 amide bonds. The second kappa shape index (κ2) is 8.64. The van der Waals surface area contributed by atoms with Crippen LogP contribution in [0.4, 0.5) is 0 Å². The van der Waals surface area contributed by atoms with Gasteiger partial charge in [-0.2, -0.15) is 0 Å². The minimum Gasteiger partial charge on any atom is -0.463 e. The lowest BCUT2D eigenvalue weighted by molar-refractivity contribution is -0.214. The maximum absolute atomic E-state index is 13.6. The van der Waals surface area contributed by atoms with Gasteiger partial charge in [-0.1, -0.05) is 26.0 Å². The fourth-order valence-electron chi connectivity index (χ4n) is 8.54. The Balaban J connectivity index is 1.29. The highest BCUT2D eigenvalue weighted by molar-refractivity contribution is 5.84. The maximum atomic E-state index is 13.6. The number of hydrogen-bond donors (Lipinski definition) is 0. The van der Waals surface area contributed by atoms with E-state index in [0.29, 0.717) is 12.8 Å². The molecule has 5 heterocycles. The molecule has 11 heteroatoms. The van der Waals surface area contributed by atoms with Gasteiger partial charge in [-0.05, 0) is 26.2 Å². The van der Waals surface area contributed by atoms with E-state index in [9.17, 15) is 19.2 Å². The Hall–Kier alpha value is -2.76. The third-order valence-electron chi connectivity index (χ3n) is 11.2. The average molecular weight is 573 g/mol. The van der Waals surface area contributed by atoms with Gasteiger partial charge in [0.25, 0.3) is 0 Å². The fraction of sp³-hybridized carbons (Fsp3) is 0.733. The summed E-state index contributed by atoms with van der Waals surface area (Å²) in [5, 5.41) is 0. The number of rotatable bonds is 1. The van der Waals surface area contributed by atoms with Gasteiger partial charge >= 0.3 is 23.9 Å². The molecule has 8 aliphatic rings. The monoisotopic (exact) mass is 572 g/mol. The quantitative estimate of drug-likeness (QED) is 0.259. The molecule has 3 aliphatic carbocycles. The van der Waals surface area contributed by atoms with E-state index in [-0.39, 0.29) is 37.4 Å². The van der Waals surface area contributed by atoms with Crippen LogP contribution in [0.25, 0.3) is 0 Å². The highest BCUT2D eigenvalue weighted by Gasteiger charge is 3.02. The van der Waals surface area contributed by atoms with Gasteiger partial charge in [0.1, 0.15) is 30.0 Å². The standard InChI is InChI=1S/C30H36O11/c1-16-9-12-35-20(32)7-5-6-8-21(33)38-18-13-19-29-14-30(29,41-29)27(18,4)28(15-36-25(34)22(16)37-17(2)31)11-10-26(3)23(40-26)24(28)39-19/h5-8,16,18-19,22-24H,9-15H2,1-4H3/b7-5+,8-6-. The van der Waals surface area contributed by atoms with E-state index in [0.717, 1.165) is 12.8 Å². The number of carbonyl (C=O) groups excluding carboxylic acids is 4. The van der Waals surface area contributed by atoms with E-state index in [1.807, 2.05) is 0 Å². The van der Waals surface area contributed by atoms with Gasteiger partial charge in [-0.3, -0.25) is 4.79 Å². The van der Waals surface area contributed by atoms with Crippen molar-refractivity contribution in [2.45, 2.75) is 107 Å². The molecule has 0 aromatic heterocycles. The topological polar surface area (TPSA) is 139 Å². The zero-order chi connectivity index (χ0) is 29.0. The molecule has 0 radical (unpaired) electrons. The Bertz CT molecular complexity index is 1260. The van der Waals surface area contributed by atoms with Crippen LogP contribution >= 0.6 is 0 Å². The van der Waals surface area contributed by atoms with Gasteiger partial charge in [0, 0.05) is 48.7 Å². The lowest BCUT2D eigenvalue weighted by atomic mass is 9.50. The van der Waals surface area contributed by atoms with Crippen molar-refractivity contribution >= 4 is 23.9 Å². The molecule has 4 saturated heterocycles. The predicted octanol–water partition coefficient (Wildman–Crippen LogP) is 2.10. The van der Waals surface area contributed by atoms with Crippen LogP contribution in [0.2, 0.25) is 0 Å². The first-order valence-electron chi connectivity index (χ1n) is 14.5. The van der Waals surface area contributed by atoms with Gasteiger partial charge in [0.05, 0.1) is 24.4 Å². The van der Waals surface area contributed by atoms with Gasteiger partial charge < -0.3 is 33.2 Å². The summed E-state index contributed by atoms with van der Waals surface area (Å²) in [4.78, 5) is 50.7. The summed E-state index contributed by atoms with van der Waals surface area (Å²) in [6.07, 6.45) is 5.52. The van der Waals surface area contributed by atoms with E-state index in [2.05, 4.69) is 13.8 Å². The van der Waals surface area contributed by atoms with Crippen LogP contribution in [0.3, 0.4) is 0 Å². The first-order valence-corrected chi connectivity index (χ1v) is 14.5. The molecule has 11 unspecified atom stereocenters. The lowest BCUT2D eigenvalue weighted by Gasteiger charge is -2.55. The van der Waals surface area contributed by atoms with Crippen LogP contribution < -0.4 is 0 Å². The largest absolute Gasteiger partial charge is 0.463 e. The lowest BCUT2D eigenvalue weighted by Crippen LogP contribution is -2.64. The molecule has 0 aromatic carbocycles. The number of hydrogen-bond acceptors (Lipinski definition) is 11. The summed E-state index contributed by atoms with van der Waals surface area (Å²) in [5.41, 5.74) is -2.82. The molecule has 5 aliphatic heterocycles. The van der Waals surface area contributed by atoms with Crippen LogP contribution in [0.1, 0.15) is 59.8 Å². The Kier molecular flexibility index (Phi) is 5.71. The minimum absolute atomic E-state index is 0.00166. The summed E-state index contributed by atoms with van der Waals surface area (Å²) < 4.78 is 42.4. The Morgan fingerprint density at radius 3 is 2.46 bits per heavy atom. The molecule has 222 valence electrons. The van der Waals surface area contributed by atoms with Crippen LogP contribution in [0.5, 0.6) is 0 Å². The maximum Gasteiger partial charge on any atom is 0.347 e. The molecule has 0 N–H and O–H groups in total. The Labute approximate surface area is 237 Å². The SMILES string of the molecule is CC(=O)OC1C(=O)OCC23CCC4(C)OC4C2OC2CC(OC(=O)/C=C\C=C\C(=O)OCCC1C)C3(C)C13CC21O3. The third kappa shape index (κ3) is 3.61. The minimum atomic E-state index is -1.19. The van der Waals surface area contributed by atoms with Gasteiger partial charge in [-0.15, -0.1) is 0 Å². The second-order valence-corrected chi connectivity index (χ2v) is 13.2. The normalized spacial score (nSPS) is 53.1. The van der Waals surface area contributed by atoms with Crippen molar-refractivity contribution in [3.05, 3.63) is 24.3 Å². The van der Waals surface area contributed by atoms with Crippen LogP contribution in [0.15, 0.2) is 24.3 Å². The van der Waals surface area contributed by atoms with E-state index < -0.39 is 70.1 Å². The number of cyclic esters (lactones) is 2. The number of carbonyl (C=O) groups is 4. The van der Waals surface area contributed by atoms with Gasteiger partial charge in [0.2, 0.25) is 6.10 Å². The molecule has 8 rings (SSSR count). The molecule has 1 spiro atoms. The fourth-order valence-corrected chi connectivity index (χ4v) is 8.54. The first kappa shape index (κ1) is 27.1. The van der Waals surface area contributed by atoms with Gasteiger partial charge in [0.15, 0.2) is 0 Å². The second-order valence-electron chi connectivity index (χ2n) is 13.2. The number of fused-ring (bicyclic) bond motifs is 1. The molecular weight excluding hydrogens is 536 g/mol. The zero-order valence-electron chi connectivity index (χ0n) is 23.7. The average Bonchev–Trinajstić information content (AvgIpc) is 3.82. The van der Waals surface area contributed by atoms with E-state index in [1.165, 1.54) is 31.2 Å². The summed E-state index contributed by atoms with van der Waals surface area (Å²) in [6.45, 7) is 7.10. The molecule has 7 fully saturated rings. The molecule has 4 bridgehead atoms. The first-order chi connectivity index (χ1) is 19.4. The number of allylic oxidation sites excluding steroid dienone is 2. The van der Waals surface area contributed by atoms with Gasteiger partial charge in [-0.25, -0.2) is 14.4 Å². The molecule has 3 saturated carbocycles. The van der Waals surface area contributed by atoms with Crippen molar-refractivity contribution in [3.63, 3.8) is 0 Å². The molecule has 11 atom stereocenters. The smallest absolute Gasteiger partial charge is 0.347 e. The molecular formula is C30H36O11. The highest BCUT2D eigenvalue weighted by atomic mass is 16.7. The summed E-state index contributed by atoms with van der Waals surface area (Å²) in [5.74, 6) is -2.95. The highest BCUT2D eigenvalue weighted by Crippen LogP contribution is 2.89. The van der Waals surface area contributed by atoms with E-state index in [1.54, 1.807) is 6.92 Å². The number of epoxide rings is 2. The van der Waals surface area contributed by atoms with E-state index >= 15 is 0 Å². The Morgan fingerprint density at radius 1 is 1.00 bits per heavy atom. The van der Waals surface area contributed by atoms with Crippen molar-refractivity contribution in [1.29, 1.82) is 0 Å². The van der Waals surface area contributed by atoms with Crippen molar-refractivity contribution in [1.82, 2.24) is 0 Å². The van der Waals surface area contributed by atoms with Crippen molar-refractivity contribution in [2.75, 3.05) is 13.2 Å². The Morgan fingerprint density at radius 2 is 1.73 bits per heavy atom. The molecule has 41 heavy (non-hydrogen) atoms. The van der Waals surface area contributed by atoms with Crippen LogP contribution in [0, 0.1) is 16.7 Å². The van der Waals surface area contributed by atoms with E-state index in [4.69, 9.17) is 33.2 Å². The number of ether oxygens (including phenoxy) is 7. The van der Waals surface area contributed by atoms with Crippen LogP contribution in [-0.4, -0.2) is 84.4 Å². The molecule has 11 nitrogen and oxygen atoms in total. The van der Waals surface area contributed by atoms with Crippen LogP contribution in [-0.2, 0) is 52.3 Å². The zero-order valence-corrected chi connectivity index (χ0v) is 23.7. The number of esters is 4. The van der Waals surface area contributed by atoms with Crippen molar-refractivity contribution < 1.29 is 52.3 Å². The summed E-state index contributed by atoms with van der Waals surface area (Å²) in [7, 11) is 0. The molecule has 0 aromatic rings. The third-order valence-corrected chi connectivity index (χ3v) is 11.2. The predicted molar refractivity (Wildman–Crippen MR) is 137 cm³/mol.